The molecule has 0 radical (unpaired) electrons. The van der Waals surface area contributed by atoms with Crippen LogP contribution < -0.4 is 10.2 Å². The van der Waals surface area contributed by atoms with Crippen LogP contribution in [0.25, 0.3) is 11.5 Å². The molecule has 0 spiro atoms. The van der Waals surface area contributed by atoms with Crippen LogP contribution in [0.2, 0.25) is 0 Å². The molecule has 2 amide bonds. The minimum Gasteiger partial charge on any atom is -0.441 e. The topological polar surface area (TPSA) is 101 Å². The Hall–Kier alpha value is -3.56. The molecule has 1 aliphatic rings. The summed E-state index contributed by atoms with van der Waals surface area (Å²) >= 11 is 0. The number of anilines is 2. The molecule has 3 aromatic rings. The van der Waals surface area contributed by atoms with Crippen LogP contribution >= 0.6 is 0 Å². The van der Waals surface area contributed by atoms with Crippen LogP contribution in [0.3, 0.4) is 0 Å². The molecule has 1 aromatic carbocycles. The van der Waals surface area contributed by atoms with Crippen molar-refractivity contribution in [1.82, 2.24) is 10.1 Å². The number of carbonyl (C=O) groups is 2. The van der Waals surface area contributed by atoms with E-state index < -0.39 is 23.4 Å². The molecule has 0 atom stereocenters. The number of aromatic nitrogens is 2. The third-order valence-electron chi connectivity index (χ3n) is 3.59. The smallest absolute Gasteiger partial charge is 0.281 e. The molecular formula is C15H8F2N4O4. The maximum Gasteiger partial charge on any atom is 0.281 e. The zero-order chi connectivity index (χ0) is 17.6. The van der Waals surface area contributed by atoms with Crippen molar-refractivity contribution in [3.8, 4) is 11.5 Å². The number of oxazole rings is 1. The quantitative estimate of drug-likeness (QED) is 0.763. The lowest BCUT2D eigenvalue weighted by molar-refractivity contribution is -0.115. The summed E-state index contributed by atoms with van der Waals surface area (Å²) in [6, 6.07) is 3.10. The van der Waals surface area contributed by atoms with E-state index in [2.05, 4.69) is 15.5 Å². The number of carbonyl (C=O) groups excluding carboxylic acids is 2. The van der Waals surface area contributed by atoms with Crippen molar-refractivity contribution < 1.29 is 27.3 Å². The molecule has 0 saturated carbocycles. The minimum absolute atomic E-state index is 0.0117. The van der Waals surface area contributed by atoms with Crippen molar-refractivity contribution >= 4 is 23.2 Å². The van der Waals surface area contributed by atoms with E-state index in [1.807, 2.05) is 0 Å². The molecule has 0 saturated heterocycles. The largest absolute Gasteiger partial charge is 0.441 e. The summed E-state index contributed by atoms with van der Waals surface area (Å²) in [7, 11) is 0. The van der Waals surface area contributed by atoms with Gasteiger partial charge in [0.05, 0.1) is 11.4 Å². The highest BCUT2D eigenvalue weighted by molar-refractivity contribution is 6.15. The van der Waals surface area contributed by atoms with Crippen LogP contribution in [0.15, 0.2) is 39.8 Å². The fraction of sp³-hybridized carbons (Fsp3) is 0.0667. The Morgan fingerprint density at radius 3 is 2.84 bits per heavy atom. The van der Waals surface area contributed by atoms with Gasteiger partial charge in [-0.05, 0) is 0 Å². The summed E-state index contributed by atoms with van der Waals surface area (Å²) in [5, 5.41) is 6.05. The molecular weight excluding hydrogens is 338 g/mol. The summed E-state index contributed by atoms with van der Waals surface area (Å²) in [5.41, 5.74) is 0.0830. The highest BCUT2D eigenvalue weighted by Crippen LogP contribution is 2.33. The highest BCUT2D eigenvalue weighted by Gasteiger charge is 2.32. The Morgan fingerprint density at radius 1 is 1.28 bits per heavy atom. The Kier molecular flexibility index (Phi) is 3.31. The van der Waals surface area contributed by atoms with E-state index in [0.29, 0.717) is 0 Å². The molecule has 0 unspecified atom stereocenters. The van der Waals surface area contributed by atoms with Gasteiger partial charge in [-0.3, -0.25) is 14.5 Å². The van der Waals surface area contributed by atoms with Gasteiger partial charge in [0.25, 0.3) is 5.91 Å². The number of amides is 2. The Morgan fingerprint density at radius 2 is 2.08 bits per heavy atom. The van der Waals surface area contributed by atoms with Gasteiger partial charge < -0.3 is 14.3 Å². The highest BCUT2D eigenvalue weighted by atomic mass is 19.2. The van der Waals surface area contributed by atoms with E-state index in [0.717, 1.165) is 23.4 Å². The van der Waals surface area contributed by atoms with Crippen molar-refractivity contribution in [1.29, 1.82) is 0 Å². The number of halogens is 2. The number of nitrogens with one attached hydrogen (secondary N) is 1. The molecule has 4 rings (SSSR count). The number of nitrogens with zero attached hydrogens (tertiary/aromatic N) is 3. The van der Waals surface area contributed by atoms with Crippen molar-refractivity contribution in [2.75, 3.05) is 16.8 Å². The summed E-state index contributed by atoms with van der Waals surface area (Å²) in [6.07, 6.45) is 2.32. The second kappa shape index (κ2) is 5.51. The molecule has 0 aliphatic carbocycles. The second-order valence-corrected chi connectivity index (χ2v) is 5.14. The van der Waals surface area contributed by atoms with Gasteiger partial charge in [0.1, 0.15) is 12.8 Å². The van der Waals surface area contributed by atoms with Gasteiger partial charge in [0.15, 0.2) is 35.2 Å². The lowest BCUT2D eigenvalue weighted by Crippen LogP contribution is -2.42. The molecule has 0 fully saturated rings. The molecule has 0 bridgehead atoms. The molecule has 3 heterocycles. The van der Waals surface area contributed by atoms with Crippen LogP contribution in [0.4, 0.5) is 20.2 Å². The number of benzene rings is 1. The van der Waals surface area contributed by atoms with Gasteiger partial charge in [-0.25, -0.2) is 13.8 Å². The van der Waals surface area contributed by atoms with Gasteiger partial charge in [-0.15, -0.1) is 0 Å². The van der Waals surface area contributed by atoms with Crippen molar-refractivity contribution in [3.63, 3.8) is 0 Å². The van der Waals surface area contributed by atoms with Crippen molar-refractivity contribution in [2.45, 2.75) is 0 Å². The molecule has 1 aliphatic heterocycles. The zero-order valence-corrected chi connectivity index (χ0v) is 12.3. The molecule has 2 aromatic heterocycles. The maximum absolute atomic E-state index is 13.6. The van der Waals surface area contributed by atoms with Gasteiger partial charge in [0, 0.05) is 18.2 Å². The number of hydrogen-bond acceptors (Lipinski definition) is 6. The summed E-state index contributed by atoms with van der Waals surface area (Å²) in [4.78, 5) is 29.5. The van der Waals surface area contributed by atoms with Gasteiger partial charge >= 0.3 is 0 Å². The van der Waals surface area contributed by atoms with Gasteiger partial charge in [-0.1, -0.05) is 5.16 Å². The SMILES string of the molecule is O=C1CN(C(=O)c2ncoc2-c2ccon2)c2cc(F)c(F)cc2N1. The van der Waals surface area contributed by atoms with E-state index in [9.17, 15) is 18.4 Å². The predicted octanol–water partition coefficient (Wildman–Crippen LogP) is 2.21. The fourth-order valence-electron chi connectivity index (χ4n) is 2.50. The number of hydrogen-bond donors (Lipinski definition) is 1. The third kappa shape index (κ3) is 2.43. The fourth-order valence-corrected chi connectivity index (χ4v) is 2.50. The minimum atomic E-state index is -1.15. The number of fused-ring (bicyclic) bond motifs is 1. The van der Waals surface area contributed by atoms with Crippen LogP contribution in [-0.2, 0) is 4.79 Å². The second-order valence-electron chi connectivity index (χ2n) is 5.14. The molecule has 25 heavy (non-hydrogen) atoms. The van der Waals surface area contributed by atoms with E-state index in [1.165, 1.54) is 12.3 Å². The summed E-state index contributed by atoms with van der Waals surface area (Å²) in [5.74, 6) is -3.54. The number of rotatable bonds is 2. The first-order valence-corrected chi connectivity index (χ1v) is 6.99. The summed E-state index contributed by atoms with van der Waals surface area (Å²) in [6.45, 7) is -0.387. The Bertz CT molecular complexity index is 984. The molecule has 126 valence electrons. The van der Waals surface area contributed by atoms with Crippen LogP contribution in [0.1, 0.15) is 10.5 Å². The predicted molar refractivity (Wildman–Crippen MR) is 78.7 cm³/mol. The van der Waals surface area contributed by atoms with E-state index in [4.69, 9.17) is 8.94 Å². The third-order valence-corrected chi connectivity index (χ3v) is 3.59. The first-order valence-electron chi connectivity index (χ1n) is 6.99. The van der Waals surface area contributed by atoms with Gasteiger partial charge in [0.2, 0.25) is 5.91 Å². The average Bonchev–Trinajstić information content (AvgIpc) is 3.25. The average molecular weight is 346 g/mol. The monoisotopic (exact) mass is 346 g/mol. The van der Waals surface area contributed by atoms with Crippen LogP contribution in [0, 0.1) is 11.6 Å². The van der Waals surface area contributed by atoms with Gasteiger partial charge in [-0.2, -0.15) is 0 Å². The van der Waals surface area contributed by atoms with Crippen molar-refractivity contribution in [3.05, 3.63) is 48.2 Å². The lowest BCUT2D eigenvalue weighted by atomic mass is 10.1. The molecule has 8 nitrogen and oxygen atoms in total. The van der Waals surface area contributed by atoms with Crippen LogP contribution in [0.5, 0.6) is 0 Å². The van der Waals surface area contributed by atoms with E-state index >= 15 is 0 Å². The Labute approximate surface area is 138 Å². The first kappa shape index (κ1) is 15.0. The van der Waals surface area contributed by atoms with E-state index in [1.54, 1.807) is 0 Å². The van der Waals surface area contributed by atoms with Crippen molar-refractivity contribution in [2.24, 2.45) is 0 Å². The van der Waals surface area contributed by atoms with E-state index in [-0.39, 0.29) is 35.1 Å². The Balaban J connectivity index is 1.79. The normalized spacial score (nSPS) is 13.5. The first-order chi connectivity index (χ1) is 12.0. The standard InChI is InChI=1S/C15H8F2N4O4/c16-7-3-10-11(4-8(7)17)21(5-12(22)19-10)15(23)13-14(24-6-18-13)9-1-2-25-20-9/h1-4,6H,5H2,(H,19,22). The van der Waals surface area contributed by atoms with Crippen LogP contribution in [-0.4, -0.2) is 28.5 Å². The zero-order valence-electron chi connectivity index (χ0n) is 12.3. The maximum atomic E-state index is 13.6. The summed E-state index contributed by atoms with van der Waals surface area (Å²) < 4.78 is 36.9. The molecule has 1 N–H and O–H groups in total. The lowest BCUT2D eigenvalue weighted by Gasteiger charge is -2.28. The molecule has 10 heteroatoms.